The van der Waals surface area contributed by atoms with E-state index in [2.05, 4.69) is 5.32 Å². The zero-order valence-corrected chi connectivity index (χ0v) is 17.8. The average molecular weight is 427 g/mol. The van der Waals surface area contributed by atoms with Crippen LogP contribution in [0.5, 0.6) is 0 Å². The van der Waals surface area contributed by atoms with Crippen LogP contribution in [0.4, 0.5) is 10.1 Å². The van der Waals surface area contributed by atoms with Crippen molar-refractivity contribution in [3.05, 3.63) is 30.1 Å². The van der Waals surface area contributed by atoms with E-state index in [1.165, 1.54) is 35.6 Å². The monoisotopic (exact) mass is 426 g/mol. The van der Waals surface area contributed by atoms with E-state index in [9.17, 15) is 14.0 Å². The molecule has 0 bridgehead atoms. The van der Waals surface area contributed by atoms with E-state index in [4.69, 9.17) is 0 Å². The summed E-state index contributed by atoms with van der Waals surface area (Å²) in [5.41, 5.74) is 0.606. The fourth-order valence-corrected chi connectivity index (χ4v) is 6.61. The maximum Gasteiger partial charge on any atom is 0.279 e. The van der Waals surface area contributed by atoms with E-state index >= 15 is 0 Å². The van der Waals surface area contributed by atoms with Crippen LogP contribution in [-0.2, 0) is 9.59 Å². The number of unbranched alkanes of at least 4 members (excludes halogenated alkanes) is 1. The summed E-state index contributed by atoms with van der Waals surface area (Å²) in [6.45, 7) is 3.38. The summed E-state index contributed by atoms with van der Waals surface area (Å²) >= 11 is 0. The Morgan fingerprint density at radius 1 is 1.18 bits per heavy atom. The molecule has 0 aromatic heterocycles. The highest BCUT2D eigenvalue weighted by atomic mass is 33.1. The number of carbonyl (C=O) groups excluding carboxylic acids is 2. The third-order valence-corrected chi connectivity index (χ3v) is 8.26. The first-order valence-corrected chi connectivity index (χ1v) is 12.4. The molecule has 3 rings (SSSR count). The number of benzene rings is 1. The molecule has 2 aliphatic heterocycles. The second-order valence-corrected chi connectivity index (χ2v) is 10.2. The fraction of sp³-hybridized carbons (Fsp3) is 0.600. The minimum absolute atomic E-state index is 0.0793. The van der Waals surface area contributed by atoms with Crippen molar-refractivity contribution in [1.82, 2.24) is 4.90 Å². The Labute approximate surface area is 174 Å². The average Bonchev–Trinajstić information content (AvgIpc) is 3.21. The Balaban J connectivity index is 1.29. The van der Waals surface area contributed by atoms with Gasteiger partial charge in [0.2, 0.25) is 5.91 Å². The zero-order valence-electron chi connectivity index (χ0n) is 16.1. The van der Waals surface area contributed by atoms with Crippen molar-refractivity contribution in [2.24, 2.45) is 0 Å². The molecule has 0 aliphatic carbocycles. The molecule has 0 spiro atoms. The fourth-order valence-electron chi connectivity index (χ4n) is 3.59. The summed E-state index contributed by atoms with van der Waals surface area (Å²) in [5.74, 6) is 1.12. The first-order chi connectivity index (χ1) is 13.6. The van der Waals surface area contributed by atoms with Crippen LogP contribution in [0.25, 0.3) is 0 Å². The van der Waals surface area contributed by atoms with Crippen LogP contribution >= 0.6 is 21.6 Å². The van der Waals surface area contributed by atoms with Gasteiger partial charge in [-0.25, -0.2) is 4.39 Å². The molecular weight excluding hydrogens is 397 g/mol. The van der Waals surface area contributed by atoms with E-state index in [-0.39, 0.29) is 17.6 Å². The van der Waals surface area contributed by atoms with Gasteiger partial charge < -0.3 is 15.1 Å². The van der Waals surface area contributed by atoms with E-state index in [1.54, 1.807) is 12.1 Å². The summed E-state index contributed by atoms with van der Waals surface area (Å²) in [6, 6.07) is 5.78. The highest BCUT2D eigenvalue weighted by Crippen LogP contribution is 2.39. The molecule has 0 radical (unpaired) electrons. The molecule has 1 aromatic rings. The van der Waals surface area contributed by atoms with Gasteiger partial charge in [-0.05, 0) is 43.5 Å². The second-order valence-electron chi connectivity index (χ2n) is 7.44. The Kier molecular flexibility index (Phi) is 8.48. The van der Waals surface area contributed by atoms with E-state index < -0.39 is 0 Å². The van der Waals surface area contributed by atoms with Crippen molar-refractivity contribution in [3.8, 4) is 0 Å². The number of nitrogens with zero attached hydrogens (tertiary/aromatic N) is 1. The van der Waals surface area contributed by atoms with Gasteiger partial charge in [0.25, 0.3) is 5.91 Å². The van der Waals surface area contributed by atoms with Gasteiger partial charge in [-0.2, -0.15) is 0 Å². The van der Waals surface area contributed by atoms with Gasteiger partial charge >= 0.3 is 0 Å². The van der Waals surface area contributed by atoms with Crippen molar-refractivity contribution >= 4 is 39.1 Å². The third-order valence-electron chi connectivity index (χ3n) is 5.26. The van der Waals surface area contributed by atoms with Crippen LogP contribution in [0.3, 0.4) is 0 Å². The molecule has 0 unspecified atom stereocenters. The van der Waals surface area contributed by atoms with Crippen LogP contribution in [0, 0.1) is 5.82 Å². The van der Waals surface area contributed by atoms with Crippen LogP contribution in [-0.4, -0.2) is 60.4 Å². The number of piperazine rings is 1. The third kappa shape index (κ3) is 6.97. The van der Waals surface area contributed by atoms with Crippen LogP contribution in [0.15, 0.2) is 24.3 Å². The molecule has 154 valence electrons. The summed E-state index contributed by atoms with van der Waals surface area (Å²) in [4.78, 5) is 27.7. The molecular formula is C20H29FN3O2S2+. The quantitative estimate of drug-likeness (QED) is 0.494. The minimum Gasteiger partial charge on any atom is -0.331 e. The topological polar surface area (TPSA) is 53.9 Å². The molecule has 2 N–H and O–H groups in total. The molecule has 2 amide bonds. The zero-order chi connectivity index (χ0) is 19.8. The summed E-state index contributed by atoms with van der Waals surface area (Å²) in [7, 11) is 3.97. The number of hydrogen-bond acceptors (Lipinski definition) is 4. The van der Waals surface area contributed by atoms with Gasteiger partial charge in [0.15, 0.2) is 6.54 Å². The van der Waals surface area contributed by atoms with Crippen molar-refractivity contribution in [2.45, 2.75) is 37.4 Å². The first-order valence-electron chi connectivity index (χ1n) is 10.0. The number of nitrogens with one attached hydrogen (secondary N) is 2. The largest absolute Gasteiger partial charge is 0.331 e. The van der Waals surface area contributed by atoms with Gasteiger partial charge in [-0.15, -0.1) is 0 Å². The molecule has 0 saturated carbocycles. The van der Waals surface area contributed by atoms with Gasteiger partial charge in [-0.1, -0.05) is 28.0 Å². The number of anilines is 1. The van der Waals surface area contributed by atoms with Crippen molar-refractivity contribution < 1.29 is 18.9 Å². The molecule has 2 fully saturated rings. The Hall–Kier alpha value is -1.25. The van der Waals surface area contributed by atoms with Crippen molar-refractivity contribution in [3.63, 3.8) is 0 Å². The molecule has 28 heavy (non-hydrogen) atoms. The Morgan fingerprint density at radius 3 is 2.61 bits per heavy atom. The molecule has 1 aromatic carbocycles. The summed E-state index contributed by atoms with van der Waals surface area (Å²) in [5, 5.41) is 3.58. The highest BCUT2D eigenvalue weighted by Gasteiger charge is 2.25. The lowest BCUT2D eigenvalue weighted by Crippen LogP contribution is -3.15. The number of amides is 2. The lowest BCUT2D eigenvalue weighted by molar-refractivity contribution is -0.895. The number of halogens is 1. The number of rotatable bonds is 8. The number of carbonyl (C=O) groups is 2. The van der Waals surface area contributed by atoms with Gasteiger partial charge in [-0.3, -0.25) is 9.59 Å². The van der Waals surface area contributed by atoms with Gasteiger partial charge in [0.1, 0.15) is 5.82 Å². The molecule has 2 saturated heterocycles. The second kappa shape index (κ2) is 11.1. The SMILES string of the molecule is O=C(C[NH+]1CCN(C(=O)CCCC[C@H]2CCSS2)CC1)Nc1ccc(F)cc1. The molecule has 1 atom stereocenters. The van der Waals surface area contributed by atoms with Crippen molar-refractivity contribution in [2.75, 3.05) is 43.8 Å². The number of quaternary nitrogens is 1. The minimum atomic E-state index is -0.319. The highest BCUT2D eigenvalue weighted by molar-refractivity contribution is 8.77. The maximum atomic E-state index is 12.9. The predicted molar refractivity (Wildman–Crippen MR) is 114 cm³/mol. The first kappa shape index (κ1) is 21.5. The standard InChI is InChI=1S/C20H28FN3O2S2/c21-16-5-7-17(8-6-16)22-19(25)15-23-10-12-24(13-11-23)20(26)4-2-1-3-18-9-14-27-28-18/h5-8,18H,1-4,9-15H2,(H,22,25)/p+1/t18-/m0/s1. The van der Waals surface area contributed by atoms with Crippen LogP contribution in [0.1, 0.15) is 32.1 Å². The molecule has 5 nitrogen and oxygen atoms in total. The van der Waals surface area contributed by atoms with Gasteiger partial charge in [0, 0.05) is 23.1 Å². The van der Waals surface area contributed by atoms with Crippen molar-refractivity contribution in [1.29, 1.82) is 0 Å². The number of hydrogen-bond donors (Lipinski definition) is 2. The Morgan fingerprint density at radius 2 is 1.93 bits per heavy atom. The summed E-state index contributed by atoms with van der Waals surface area (Å²) < 4.78 is 12.9. The smallest absolute Gasteiger partial charge is 0.279 e. The van der Waals surface area contributed by atoms with E-state index in [0.29, 0.717) is 31.7 Å². The molecule has 8 heteroatoms. The molecule has 2 aliphatic rings. The van der Waals surface area contributed by atoms with E-state index in [0.717, 1.165) is 31.2 Å². The maximum absolute atomic E-state index is 12.9. The predicted octanol–water partition coefficient (Wildman–Crippen LogP) is 2.21. The van der Waals surface area contributed by atoms with Crippen LogP contribution < -0.4 is 10.2 Å². The normalized spacial score (nSPS) is 20.3. The molecule has 2 heterocycles. The summed E-state index contributed by atoms with van der Waals surface area (Å²) in [6.07, 6.45) is 5.30. The van der Waals surface area contributed by atoms with Gasteiger partial charge in [0.05, 0.1) is 26.2 Å². The van der Waals surface area contributed by atoms with E-state index in [1.807, 2.05) is 26.5 Å². The Bertz CT molecular complexity index is 645. The lowest BCUT2D eigenvalue weighted by atomic mass is 10.1. The van der Waals surface area contributed by atoms with Crippen LogP contribution in [0.2, 0.25) is 0 Å². The lowest BCUT2D eigenvalue weighted by Gasteiger charge is -2.32.